The second-order valence-electron chi connectivity index (χ2n) is 6.22. The summed E-state index contributed by atoms with van der Waals surface area (Å²) in [6.07, 6.45) is 0.884. The third kappa shape index (κ3) is 5.86. The monoisotopic (exact) mass is 382 g/mol. The molecule has 0 atom stereocenters. The molecule has 0 aliphatic rings. The predicted octanol–water partition coefficient (Wildman–Crippen LogP) is 4.71. The van der Waals surface area contributed by atoms with E-state index in [2.05, 4.69) is 32.7 Å². The minimum atomic E-state index is 0.627. The minimum Gasteiger partial charge on any atom is -0.497 e. The van der Waals surface area contributed by atoms with E-state index >= 15 is 0 Å². The van der Waals surface area contributed by atoms with Crippen LogP contribution in [0.5, 0.6) is 5.75 Å². The molecule has 1 heterocycles. The average Bonchev–Trinajstić information content (AvgIpc) is 2.68. The molecule has 3 rings (SSSR count). The van der Waals surface area contributed by atoms with Crippen molar-refractivity contribution in [2.75, 3.05) is 24.3 Å². The van der Waals surface area contributed by atoms with Gasteiger partial charge < -0.3 is 15.4 Å². The molecule has 0 fully saturated rings. The number of aryl methyl sites for hydroxylation is 1. The molecule has 0 unspecified atom stereocenters. The van der Waals surface area contributed by atoms with Gasteiger partial charge in [-0.25, -0.2) is 4.98 Å². The molecule has 3 aromatic rings. The number of aromatic nitrogens is 2. The highest BCUT2D eigenvalue weighted by Gasteiger charge is 2.03. The third-order valence-corrected chi connectivity index (χ3v) is 4.35. The first-order valence-electron chi connectivity index (χ1n) is 8.83. The van der Waals surface area contributed by atoms with Gasteiger partial charge in [0.05, 0.1) is 7.11 Å². The van der Waals surface area contributed by atoms with Crippen molar-refractivity contribution in [2.45, 2.75) is 19.9 Å². The molecule has 2 N–H and O–H groups in total. The molecule has 0 aliphatic heterocycles. The number of anilines is 2. The maximum Gasteiger partial charge on any atom is 0.224 e. The van der Waals surface area contributed by atoms with Crippen LogP contribution in [-0.2, 0) is 13.0 Å². The lowest BCUT2D eigenvalue weighted by atomic mass is 10.1. The molecule has 27 heavy (non-hydrogen) atoms. The third-order valence-electron chi connectivity index (χ3n) is 4.10. The zero-order chi connectivity index (χ0) is 19.1. The number of hydrogen-bond donors (Lipinski definition) is 2. The number of rotatable bonds is 8. The van der Waals surface area contributed by atoms with E-state index < -0.39 is 0 Å². The van der Waals surface area contributed by atoms with Gasteiger partial charge in [0.15, 0.2) is 0 Å². The van der Waals surface area contributed by atoms with Crippen molar-refractivity contribution in [1.29, 1.82) is 0 Å². The van der Waals surface area contributed by atoms with Crippen LogP contribution in [0.1, 0.15) is 16.8 Å². The summed E-state index contributed by atoms with van der Waals surface area (Å²) in [5.41, 5.74) is 3.29. The van der Waals surface area contributed by atoms with Crippen LogP contribution in [0.4, 0.5) is 11.8 Å². The average molecular weight is 383 g/mol. The van der Waals surface area contributed by atoms with Crippen LogP contribution in [0.25, 0.3) is 0 Å². The van der Waals surface area contributed by atoms with E-state index in [9.17, 15) is 0 Å². The van der Waals surface area contributed by atoms with E-state index in [1.807, 2.05) is 49.4 Å². The SMILES string of the molecule is COc1ccc(CCNc2nc(C)cc(NCc3ccc(Cl)cc3)n2)cc1. The van der Waals surface area contributed by atoms with Gasteiger partial charge in [0, 0.05) is 29.9 Å². The predicted molar refractivity (Wildman–Crippen MR) is 111 cm³/mol. The molecule has 0 radical (unpaired) electrons. The summed E-state index contributed by atoms with van der Waals surface area (Å²) in [6, 6.07) is 17.8. The maximum absolute atomic E-state index is 5.92. The van der Waals surface area contributed by atoms with Crippen LogP contribution in [0.15, 0.2) is 54.6 Å². The molecule has 0 saturated heterocycles. The topological polar surface area (TPSA) is 59.1 Å². The number of ether oxygens (including phenoxy) is 1. The Morgan fingerprint density at radius 2 is 1.63 bits per heavy atom. The van der Waals surface area contributed by atoms with Gasteiger partial charge in [-0.15, -0.1) is 0 Å². The van der Waals surface area contributed by atoms with E-state index in [-0.39, 0.29) is 0 Å². The number of methoxy groups -OCH3 is 1. The van der Waals surface area contributed by atoms with E-state index in [1.54, 1.807) is 7.11 Å². The molecule has 5 nitrogen and oxygen atoms in total. The highest BCUT2D eigenvalue weighted by atomic mass is 35.5. The van der Waals surface area contributed by atoms with Crippen molar-refractivity contribution in [3.63, 3.8) is 0 Å². The quantitative estimate of drug-likeness (QED) is 0.590. The Labute approximate surface area is 164 Å². The number of nitrogens with zero attached hydrogens (tertiary/aromatic N) is 2. The molecule has 0 bridgehead atoms. The molecule has 0 spiro atoms. The van der Waals surface area contributed by atoms with Gasteiger partial charge in [0.2, 0.25) is 5.95 Å². The summed E-state index contributed by atoms with van der Waals surface area (Å²) in [7, 11) is 1.67. The molecular weight excluding hydrogens is 360 g/mol. The van der Waals surface area contributed by atoms with Gasteiger partial charge in [-0.1, -0.05) is 35.9 Å². The highest BCUT2D eigenvalue weighted by Crippen LogP contribution is 2.14. The van der Waals surface area contributed by atoms with Crippen LogP contribution >= 0.6 is 11.6 Å². The fourth-order valence-electron chi connectivity index (χ4n) is 2.64. The first kappa shape index (κ1) is 19.0. The number of benzene rings is 2. The van der Waals surface area contributed by atoms with Gasteiger partial charge in [-0.3, -0.25) is 0 Å². The van der Waals surface area contributed by atoms with Crippen LogP contribution < -0.4 is 15.4 Å². The van der Waals surface area contributed by atoms with Crippen LogP contribution in [0, 0.1) is 6.92 Å². The Morgan fingerprint density at radius 1 is 0.926 bits per heavy atom. The van der Waals surface area contributed by atoms with Crippen molar-refractivity contribution >= 4 is 23.4 Å². The lowest BCUT2D eigenvalue weighted by Gasteiger charge is -2.10. The van der Waals surface area contributed by atoms with Crippen molar-refractivity contribution in [3.05, 3.63) is 76.4 Å². The first-order chi connectivity index (χ1) is 13.1. The molecule has 1 aromatic heterocycles. The van der Waals surface area contributed by atoms with Crippen molar-refractivity contribution < 1.29 is 4.74 Å². The fourth-order valence-corrected chi connectivity index (χ4v) is 2.77. The van der Waals surface area contributed by atoms with Gasteiger partial charge in [-0.2, -0.15) is 4.98 Å². The lowest BCUT2D eigenvalue weighted by Crippen LogP contribution is -2.10. The molecular formula is C21H23ClN4O. The molecule has 2 aromatic carbocycles. The van der Waals surface area contributed by atoms with Crippen LogP contribution in [0.2, 0.25) is 5.02 Å². The maximum atomic E-state index is 5.92. The highest BCUT2D eigenvalue weighted by molar-refractivity contribution is 6.30. The smallest absolute Gasteiger partial charge is 0.224 e. The van der Waals surface area contributed by atoms with E-state index in [4.69, 9.17) is 16.3 Å². The number of halogens is 1. The second kappa shape index (κ2) is 9.24. The molecule has 140 valence electrons. The van der Waals surface area contributed by atoms with Gasteiger partial charge in [0.25, 0.3) is 0 Å². The minimum absolute atomic E-state index is 0.627. The summed E-state index contributed by atoms with van der Waals surface area (Å²) in [6.45, 7) is 3.40. The summed E-state index contributed by atoms with van der Waals surface area (Å²) >= 11 is 5.92. The second-order valence-corrected chi connectivity index (χ2v) is 6.66. The van der Waals surface area contributed by atoms with Gasteiger partial charge in [0.1, 0.15) is 11.6 Å². The summed E-state index contributed by atoms with van der Waals surface area (Å²) in [4.78, 5) is 9.00. The zero-order valence-corrected chi connectivity index (χ0v) is 16.3. The Kier molecular flexibility index (Phi) is 6.49. The van der Waals surface area contributed by atoms with E-state index in [0.29, 0.717) is 12.5 Å². The first-order valence-corrected chi connectivity index (χ1v) is 9.21. The number of nitrogens with one attached hydrogen (secondary N) is 2. The lowest BCUT2D eigenvalue weighted by molar-refractivity contribution is 0.414. The molecule has 6 heteroatoms. The van der Waals surface area contributed by atoms with Crippen molar-refractivity contribution in [1.82, 2.24) is 9.97 Å². The van der Waals surface area contributed by atoms with Gasteiger partial charge in [-0.05, 0) is 48.7 Å². The standard InChI is InChI=1S/C21H23ClN4O/c1-15-13-20(24-14-17-3-7-18(22)8-4-17)26-21(25-15)23-12-11-16-5-9-19(27-2)10-6-16/h3-10,13H,11-12,14H2,1-2H3,(H2,23,24,25,26). The largest absolute Gasteiger partial charge is 0.497 e. The summed E-state index contributed by atoms with van der Waals surface area (Å²) in [5.74, 6) is 2.29. The van der Waals surface area contributed by atoms with Crippen LogP contribution in [-0.4, -0.2) is 23.6 Å². The molecule has 0 saturated carbocycles. The Morgan fingerprint density at radius 3 is 2.33 bits per heavy atom. The summed E-state index contributed by atoms with van der Waals surface area (Å²) < 4.78 is 5.18. The molecule has 0 aliphatic carbocycles. The number of hydrogen-bond acceptors (Lipinski definition) is 5. The van der Waals surface area contributed by atoms with Crippen LogP contribution in [0.3, 0.4) is 0 Å². The van der Waals surface area contributed by atoms with E-state index in [0.717, 1.165) is 40.8 Å². The van der Waals surface area contributed by atoms with Crippen molar-refractivity contribution in [2.24, 2.45) is 0 Å². The zero-order valence-electron chi connectivity index (χ0n) is 15.5. The molecule has 0 amide bonds. The normalized spacial score (nSPS) is 10.5. The van der Waals surface area contributed by atoms with Gasteiger partial charge >= 0.3 is 0 Å². The fraction of sp³-hybridized carbons (Fsp3) is 0.238. The Hall–Kier alpha value is -2.79. The Balaban J connectivity index is 1.55. The van der Waals surface area contributed by atoms with Crippen molar-refractivity contribution in [3.8, 4) is 5.75 Å². The summed E-state index contributed by atoms with van der Waals surface area (Å²) in [5, 5.41) is 7.37. The Bertz CT molecular complexity index is 866. The van der Waals surface area contributed by atoms with E-state index in [1.165, 1.54) is 5.56 Å².